The van der Waals surface area contributed by atoms with E-state index in [-0.39, 0.29) is 17.0 Å². The van der Waals surface area contributed by atoms with E-state index in [0.717, 1.165) is 19.4 Å². The lowest BCUT2D eigenvalue weighted by Gasteiger charge is -2.31. The first-order valence-corrected chi connectivity index (χ1v) is 7.48. The van der Waals surface area contributed by atoms with Crippen LogP contribution in [0.2, 0.25) is 5.15 Å². The standard InChI is InChI=1S/C12H16ClN3O3S/c1-19-11(18)9-10(13)15-12(20-9)16-4-2-3-7(6-16)5-8(14)17/h7H,2-6H2,1H3,(H2,14,17). The van der Waals surface area contributed by atoms with Crippen LogP contribution < -0.4 is 10.6 Å². The molecule has 1 aromatic heterocycles. The number of esters is 1. The van der Waals surface area contributed by atoms with Crippen LogP contribution in [0.4, 0.5) is 5.13 Å². The number of aromatic nitrogens is 1. The Morgan fingerprint density at radius 1 is 1.60 bits per heavy atom. The van der Waals surface area contributed by atoms with Crippen LogP contribution in [0.3, 0.4) is 0 Å². The molecule has 1 amide bonds. The monoisotopic (exact) mass is 317 g/mol. The highest BCUT2D eigenvalue weighted by molar-refractivity contribution is 7.18. The quantitative estimate of drug-likeness (QED) is 0.854. The summed E-state index contributed by atoms with van der Waals surface area (Å²) in [6.07, 6.45) is 2.31. The van der Waals surface area contributed by atoms with Gasteiger partial charge in [0, 0.05) is 19.5 Å². The molecule has 1 fully saturated rings. The largest absolute Gasteiger partial charge is 0.465 e. The third kappa shape index (κ3) is 3.40. The summed E-state index contributed by atoms with van der Waals surface area (Å²) in [4.78, 5) is 29.1. The van der Waals surface area contributed by atoms with Gasteiger partial charge in [-0.05, 0) is 18.8 Å². The van der Waals surface area contributed by atoms with Crippen molar-refractivity contribution in [2.45, 2.75) is 19.3 Å². The molecule has 1 atom stereocenters. The van der Waals surface area contributed by atoms with Gasteiger partial charge in [-0.1, -0.05) is 22.9 Å². The van der Waals surface area contributed by atoms with Crippen LogP contribution in [-0.2, 0) is 9.53 Å². The first-order valence-electron chi connectivity index (χ1n) is 6.29. The predicted octanol–water partition coefficient (Wildman–Crippen LogP) is 1.67. The zero-order chi connectivity index (χ0) is 14.7. The number of piperidine rings is 1. The minimum atomic E-state index is -0.482. The van der Waals surface area contributed by atoms with Crippen molar-refractivity contribution in [1.82, 2.24) is 4.98 Å². The van der Waals surface area contributed by atoms with E-state index in [9.17, 15) is 9.59 Å². The van der Waals surface area contributed by atoms with Crippen molar-refractivity contribution >= 4 is 39.9 Å². The number of carbonyl (C=O) groups excluding carboxylic acids is 2. The molecule has 6 nitrogen and oxygen atoms in total. The topological polar surface area (TPSA) is 85.5 Å². The van der Waals surface area contributed by atoms with Crippen LogP contribution in [0.25, 0.3) is 0 Å². The molecule has 1 unspecified atom stereocenters. The van der Waals surface area contributed by atoms with E-state index in [1.54, 1.807) is 0 Å². The van der Waals surface area contributed by atoms with Crippen LogP contribution >= 0.6 is 22.9 Å². The van der Waals surface area contributed by atoms with Gasteiger partial charge in [-0.25, -0.2) is 9.78 Å². The number of methoxy groups -OCH3 is 1. The molecule has 2 N–H and O–H groups in total. The Labute approximate surface area is 125 Å². The van der Waals surface area contributed by atoms with Crippen LogP contribution in [0.15, 0.2) is 0 Å². The number of anilines is 1. The number of amides is 1. The lowest BCUT2D eigenvalue weighted by atomic mass is 9.95. The molecule has 1 aliphatic rings. The fraction of sp³-hybridized carbons (Fsp3) is 0.583. The fourth-order valence-electron chi connectivity index (χ4n) is 2.33. The van der Waals surface area contributed by atoms with Crippen LogP contribution in [0.5, 0.6) is 0 Å². The van der Waals surface area contributed by atoms with Gasteiger partial charge in [0.15, 0.2) is 15.2 Å². The van der Waals surface area contributed by atoms with E-state index in [1.165, 1.54) is 18.4 Å². The fourth-order valence-corrected chi connectivity index (χ4v) is 3.57. The predicted molar refractivity (Wildman–Crippen MR) is 77.2 cm³/mol. The van der Waals surface area contributed by atoms with Crippen molar-refractivity contribution in [3.8, 4) is 0 Å². The minimum Gasteiger partial charge on any atom is -0.465 e. The number of hydrogen-bond acceptors (Lipinski definition) is 6. The third-order valence-electron chi connectivity index (χ3n) is 3.22. The maximum absolute atomic E-state index is 11.5. The maximum atomic E-state index is 11.5. The number of carbonyl (C=O) groups is 2. The average Bonchev–Trinajstić information content (AvgIpc) is 2.79. The molecular formula is C12H16ClN3O3S. The Balaban J connectivity index is 2.11. The van der Waals surface area contributed by atoms with E-state index in [2.05, 4.69) is 9.72 Å². The number of nitrogens with zero attached hydrogens (tertiary/aromatic N) is 2. The Bertz CT molecular complexity index is 520. The van der Waals surface area contributed by atoms with Crippen molar-refractivity contribution in [3.05, 3.63) is 10.0 Å². The zero-order valence-corrected chi connectivity index (χ0v) is 12.7. The van der Waals surface area contributed by atoms with E-state index >= 15 is 0 Å². The Kier molecular flexibility index (Phi) is 4.82. The molecule has 0 radical (unpaired) electrons. The molecule has 0 aliphatic carbocycles. The van der Waals surface area contributed by atoms with Gasteiger partial charge >= 0.3 is 5.97 Å². The number of primary amides is 1. The van der Waals surface area contributed by atoms with Crippen LogP contribution in [0, 0.1) is 5.92 Å². The van der Waals surface area contributed by atoms with Gasteiger partial charge in [0.25, 0.3) is 0 Å². The molecule has 2 rings (SSSR count). The number of nitrogens with two attached hydrogens (primary N) is 1. The van der Waals surface area contributed by atoms with Crippen molar-refractivity contribution in [1.29, 1.82) is 0 Å². The average molecular weight is 318 g/mol. The lowest BCUT2D eigenvalue weighted by molar-refractivity contribution is -0.118. The highest BCUT2D eigenvalue weighted by atomic mass is 35.5. The van der Waals surface area contributed by atoms with Crippen molar-refractivity contribution in [3.63, 3.8) is 0 Å². The molecule has 0 aromatic carbocycles. The smallest absolute Gasteiger partial charge is 0.351 e. The second-order valence-corrected chi connectivity index (χ2v) is 6.07. The first-order chi connectivity index (χ1) is 9.51. The van der Waals surface area contributed by atoms with Gasteiger partial charge in [0.05, 0.1) is 7.11 Å². The second-order valence-electron chi connectivity index (χ2n) is 4.73. The number of hydrogen-bond donors (Lipinski definition) is 1. The number of thiazole rings is 1. The molecule has 0 bridgehead atoms. The third-order valence-corrected chi connectivity index (χ3v) is 4.71. The summed E-state index contributed by atoms with van der Waals surface area (Å²) in [6.45, 7) is 1.53. The van der Waals surface area contributed by atoms with Crippen LogP contribution in [-0.4, -0.2) is 37.1 Å². The normalized spacial score (nSPS) is 18.9. The summed E-state index contributed by atoms with van der Waals surface area (Å²) < 4.78 is 4.66. The zero-order valence-electron chi connectivity index (χ0n) is 11.1. The summed E-state index contributed by atoms with van der Waals surface area (Å²) in [6, 6.07) is 0. The molecule has 1 aliphatic heterocycles. The summed E-state index contributed by atoms with van der Waals surface area (Å²) in [5.41, 5.74) is 5.24. The van der Waals surface area contributed by atoms with Gasteiger partial charge in [-0.3, -0.25) is 4.79 Å². The number of ether oxygens (including phenoxy) is 1. The van der Waals surface area contributed by atoms with Crippen molar-refractivity contribution in [2.75, 3.05) is 25.1 Å². The van der Waals surface area contributed by atoms with Crippen molar-refractivity contribution < 1.29 is 14.3 Å². The molecule has 2 heterocycles. The Hall–Kier alpha value is -1.34. The van der Waals surface area contributed by atoms with Crippen LogP contribution in [0.1, 0.15) is 28.9 Å². The van der Waals surface area contributed by atoms with Crippen molar-refractivity contribution in [2.24, 2.45) is 11.7 Å². The number of rotatable bonds is 4. The molecular weight excluding hydrogens is 302 g/mol. The minimum absolute atomic E-state index is 0.161. The second kappa shape index (κ2) is 6.41. The van der Waals surface area contributed by atoms with Gasteiger partial charge in [0.1, 0.15) is 0 Å². The maximum Gasteiger partial charge on any atom is 0.351 e. The van der Waals surface area contributed by atoms with E-state index < -0.39 is 5.97 Å². The van der Waals surface area contributed by atoms with Gasteiger partial charge in [0.2, 0.25) is 5.91 Å². The van der Waals surface area contributed by atoms with Gasteiger partial charge in [-0.15, -0.1) is 0 Å². The van der Waals surface area contributed by atoms with Gasteiger partial charge < -0.3 is 15.4 Å². The summed E-state index contributed by atoms with van der Waals surface area (Å²) in [5.74, 6) is -0.542. The highest BCUT2D eigenvalue weighted by Gasteiger charge is 2.26. The Morgan fingerprint density at radius 3 is 3.00 bits per heavy atom. The Morgan fingerprint density at radius 2 is 2.35 bits per heavy atom. The SMILES string of the molecule is COC(=O)c1sc(N2CCCC(CC(N)=O)C2)nc1Cl. The lowest BCUT2D eigenvalue weighted by Crippen LogP contribution is -2.37. The molecule has 110 valence electrons. The summed E-state index contributed by atoms with van der Waals surface area (Å²) >= 11 is 7.17. The van der Waals surface area contributed by atoms with E-state index in [0.29, 0.717) is 23.0 Å². The molecule has 1 saturated heterocycles. The first kappa shape index (κ1) is 15.1. The number of halogens is 1. The molecule has 0 saturated carbocycles. The molecule has 0 spiro atoms. The molecule has 20 heavy (non-hydrogen) atoms. The molecule has 1 aromatic rings. The summed E-state index contributed by atoms with van der Waals surface area (Å²) in [5, 5.41) is 0.846. The van der Waals surface area contributed by atoms with Gasteiger partial charge in [-0.2, -0.15) is 0 Å². The van der Waals surface area contributed by atoms with E-state index in [1.807, 2.05) is 4.90 Å². The highest BCUT2D eigenvalue weighted by Crippen LogP contribution is 2.33. The molecule has 8 heteroatoms. The van der Waals surface area contributed by atoms with E-state index in [4.69, 9.17) is 17.3 Å². The summed E-state index contributed by atoms with van der Waals surface area (Å²) in [7, 11) is 1.31.